The Hall–Kier alpha value is -2.92. The molecule has 0 saturated carbocycles. The second-order valence-electron chi connectivity index (χ2n) is 8.32. The number of hydrazone groups is 1. The largest absolute Gasteiger partial charge is 0.279 e. The van der Waals surface area contributed by atoms with Gasteiger partial charge in [-0.15, -0.1) is 0 Å². The molecule has 4 rings (SSSR count). The molecule has 0 aromatic heterocycles. The average Bonchev–Trinajstić information content (AvgIpc) is 2.99. The van der Waals surface area contributed by atoms with Crippen LogP contribution in [-0.2, 0) is 10.0 Å². The smallest absolute Gasteiger partial charge is 0.200 e. The number of hydrogen-bond donors (Lipinski definition) is 0. The normalized spacial score (nSPS) is 17.2. The summed E-state index contributed by atoms with van der Waals surface area (Å²) in [5.41, 5.74) is 6.09. The van der Waals surface area contributed by atoms with Crippen molar-refractivity contribution in [3.8, 4) is 0 Å². The molecule has 3 aromatic rings. The third kappa shape index (κ3) is 4.57. The first-order valence-electron chi connectivity index (χ1n) is 10.7. The number of hydrogen-bond acceptors (Lipinski definition) is 3. The predicted octanol–water partition coefficient (Wildman–Crippen LogP) is 5.93. The van der Waals surface area contributed by atoms with Gasteiger partial charge < -0.3 is 0 Å². The first kappa shape index (κ1) is 21.3. The minimum absolute atomic E-state index is 0.268. The molecule has 1 aliphatic heterocycles. The van der Waals surface area contributed by atoms with Gasteiger partial charge in [0.2, 0.25) is 0 Å². The van der Waals surface area contributed by atoms with Crippen LogP contribution in [0.3, 0.4) is 0 Å². The van der Waals surface area contributed by atoms with Crippen LogP contribution in [0, 0.1) is 20.8 Å². The maximum Gasteiger partial charge on any atom is 0.279 e. The standard InChI is InChI=1S/C26H28N2O2S/c1-19-7-13-22(14-8-19)25-5-4-6-26(23-15-9-20(2)10-16-23)28(27-25)31(29,30)24-17-11-21(3)12-18-24/h7-18,26H,4-6H2,1-3H3. The Balaban J connectivity index is 1.84. The van der Waals surface area contributed by atoms with Crippen molar-refractivity contribution >= 4 is 15.7 Å². The van der Waals surface area contributed by atoms with Crippen molar-refractivity contribution in [1.82, 2.24) is 4.41 Å². The topological polar surface area (TPSA) is 49.7 Å². The first-order chi connectivity index (χ1) is 14.8. The van der Waals surface area contributed by atoms with Crippen LogP contribution in [0.4, 0.5) is 0 Å². The van der Waals surface area contributed by atoms with Crippen LogP contribution in [0.2, 0.25) is 0 Å². The molecule has 0 radical (unpaired) electrons. The number of rotatable bonds is 4. The van der Waals surface area contributed by atoms with E-state index in [2.05, 4.69) is 0 Å². The molecule has 0 amide bonds. The Kier molecular flexibility index (Phi) is 5.96. The fourth-order valence-electron chi connectivity index (χ4n) is 3.88. The van der Waals surface area contributed by atoms with Gasteiger partial charge in [0.1, 0.15) is 0 Å². The molecule has 0 saturated heterocycles. The molecule has 5 heteroatoms. The third-order valence-electron chi connectivity index (χ3n) is 5.79. The zero-order valence-electron chi connectivity index (χ0n) is 18.2. The van der Waals surface area contributed by atoms with Crippen LogP contribution in [0.5, 0.6) is 0 Å². The van der Waals surface area contributed by atoms with Crippen molar-refractivity contribution in [2.75, 3.05) is 0 Å². The third-order valence-corrected chi connectivity index (χ3v) is 7.49. The molecule has 0 spiro atoms. The van der Waals surface area contributed by atoms with E-state index in [4.69, 9.17) is 5.10 Å². The Morgan fingerprint density at radius 3 is 1.87 bits per heavy atom. The van der Waals surface area contributed by atoms with Gasteiger partial charge in [-0.05, 0) is 63.3 Å². The zero-order valence-corrected chi connectivity index (χ0v) is 19.1. The fraction of sp³-hybridized carbons (Fsp3) is 0.269. The lowest BCUT2D eigenvalue weighted by molar-refractivity contribution is 0.326. The van der Waals surface area contributed by atoms with E-state index in [1.165, 1.54) is 9.98 Å². The first-order valence-corrected chi connectivity index (χ1v) is 12.1. The van der Waals surface area contributed by atoms with Crippen LogP contribution in [0.25, 0.3) is 0 Å². The Morgan fingerprint density at radius 1 is 0.774 bits per heavy atom. The summed E-state index contributed by atoms with van der Waals surface area (Å²) in [6.07, 6.45) is 2.32. The van der Waals surface area contributed by atoms with Crippen molar-refractivity contribution < 1.29 is 8.42 Å². The van der Waals surface area contributed by atoms with Crippen LogP contribution in [0.15, 0.2) is 82.8 Å². The zero-order chi connectivity index (χ0) is 22.0. The second kappa shape index (κ2) is 8.67. The summed E-state index contributed by atoms with van der Waals surface area (Å²) in [5, 5.41) is 4.79. The molecule has 160 valence electrons. The van der Waals surface area contributed by atoms with Crippen LogP contribution in [-0.4, -0.2) is 18.5 Å². The van der Waals surface area contributed by atoms with E-state index in [0.29, 0.717) is 6.42 Å². The lowest BCUT2D eigenvalue weighted by Crippen LogP contribution is -2.31. The van der Waals surface area contributed by atoms with E-state index in [-0.39, 0.29) is 10.9 Å². The van der Waals surface area contributed by atoms with Crippen LogP contribution >= 0.6 is 0 Å². The van der Waals surface area contributed by atoms with Gasteiger partial charge in [-0.3, -0.25) is 0 Å². The van der Waals surface area contributed by atoms with Gasteiger partial charge >= 0.3 is 0 Å². The monoisotopic (exact) mass is 432 g/mol. The Bertz CT molecular complexity index is 1180. The highest BCUT2D eigenvalue weighted by molar-refractivity contribution is 7.89. The molecular formula is C26H28N2O2S. The summed E-state index contributed by atoms with van der Waals surface area (Å²) in [7, 11) is -3.81. The lowest BCUT2D eigenvalue weighted by Gasteiger charge is -2.28. The minimum Gasteiger partial charge on any atom is -0.200 e. The predicted molar refractivity (Wildman–Crippen MR) is 126 cm³/mol. The van der Waals surface area contributed by atoms with Gasteiger partial charge in [0, 0.05) is 0 Å². The molecule has 1 atom stereocenters. The van der Waals surface area contributed by atoms with Gasteiger partial charge in [0.15, 0.2) is 0 Å². The fourth-order valence-corrected chi connectivity index (χ4v) is 5.35. The summed E-state index contributed by atoms with van der Waals surface area (Å²) >= 11 is 0. The highest BCUT2D eigenvalue weighted by atomic mass is 32.2. The Morgan fingerprint density at radius 2 is 1.29 bits per heavy atom. The van der Waals surface area contributed by atoms with Crippen LogP contribution in [0.1, 0.15) is 53.1 Å². The van der Waals surface area contributed by atoms with E-state index >= 15 is 0 Å². The minimum atomic E-state index is -3.81. The molecular weight excluding hydrogens is 404 g/mol. The quantitative estimate of drug-likeness (QED) is 0.513. The van der Waals surface area contributed by atoms with E-state index in [9.17, 15) is 8.42 Å². The molecule has 0 aliphatic carbocycles. The molecule has 0 N–H and O–H groups in total. The summed E-state index contributed by atoms with van der Waals surface area (Å²) in [4.78, 5) is 0.268. The van der Waals surface area contributed by atoms with Gasteiger partial charge in [0.05, 0.1) is 16.6 Å². The van der Waals surface area contributed by atoms with E-state index < -0.39 is 10.0 Å². The van der Waals surface area contributed by atoms with Crippen molar-refractivity contribution in [3.05, 3.63) is 101 Å². The molecule has 1 heterocycles. The summed E-state index contributed by atoms with van der Waals surface area (Å²) in [5.74, 6) is 0. The average molecular weight is 433 g/mol. The molecule has 0 bridgehead atoms. The van der Waals surface area contributed by atoms with Crippen molar-refractivity contribution in [1.29, 1.82) is 0 Å². The second-order valence-corrected chi connectivity index (χ2v) is 10.1. The molecule has 4 nitrogen and oxygen atoms in total. The number of benzene rings is 3. The van der Waals surface area contributed by atoms with E-state index in [1.54, 1.807) is 12.1 Å². The number of sulfonamides is 1. The maximum atomic E-state index is 13.8. The van der Waals surface area contributed by atoms with Gasteiger partial charge in [-0.25, -0.2) is 0 Å². The SMILES string of the molecule is Cc1ccc(C2=NN(S(=O)(=O)c3ccc(C)cc3)C(c3ccc(C)cc3)CCC2)cc1. The molecule has 0 fully saturated rings. The van der Waals surface area contributed by atoms with E-state index in [1.807, 2.05) is 81.4 Å². The molecule has 1 aliphatic rings. The van der Waals surface area contributed by atoms with Gasteiger partial charge in [0.25, 0.3) is 10.0 Å². The highest BCUT2D eigenvalue weighted by Gasteiger charge is 2.33. The number of aryl methyl sites for hydroxylation is 3. The van der Waals surface area contributed by atoms with Crippen molar-refractivity contribution in [2.45, 2.75) is 51.0 Å². The highest BCUT2D eigenvalue weighted by Crippen LogP contribution is 2.35. The lowest BCUT2D eigenvalue weighted by atomic mass is 9.98. The van der Waals surface area contributed by atoms with Gasteiger partial charge in [-0.1, -0.05) is 77.4 Å². The number of nitrogens with zero attached hydrogens (tertiary/aromatic N) is 2. The van der Waals surface area contributed by atoms with Crippen LogP contribution < -0.4 is 0 Å². The van der Waals surface area contributed by atoms with Gasteiger partial charge in [-0.2, -0.15) is 17.9 Å². The molecule has 31 heavy (non-hydrogen) atoms. The van der Waals surface area contributed by atoms with Crippen molar-refractivity contribution in [2.24, 2.45) is 5.10 Å². The summed E-state index contributed by atoms with van der Waals surface area (Å²) in [6, 6.07) is 22.9. The molecule has 3 aromatic carbocycles. The summed E-state index contributed by atoms with van der Waals surface area (Å²) < 4.78 is 28.9. The van der Waals surface area contributed by atoms with E-state index in [0.717, 1.165) is 40.8 Å². The van der Waals surface area contributed by atoms with Crippen molar-refractivity contribution in [3.63, 3.8) is 0 Å². The summed E-state index contributed by atoms with van der Waals surface area (Å²) in [6.45, 7) is 6.02. The molecule has 1 unspecified atom stereocenters. The Labute approximate surface area is 185 Å². The maximum absolute atomic E-state index is 13.8.